The van der Waals surface area contributed by atoms with Gasteiger partial charge < -0.3 is 19.3 Å². The molecular formula is C12H16O5. The molecule has 0 aromatic carbocycles. The van der Waals surface area contributed by atoms with E-state index in [0.29, 0.717) is 5.57 Å². The zero-order valence-corrected chi connectivity index (χ0v) is 10.0. The second-order valence-electron chi connectivity index (χ2n) is 4.08. The Labute approximate surface area is 99.7 Å². The van der Waals surface area contributed by atoms with E-state index in [-0.39, 0.29) is 11.9 Å². The number of rotatable bonds is 2. The zero-order chi connectivity index (χ0) is 12.6. The number of carbonyl (C=O) groups is 1. The lowest BCUT2D eigenvalue weighted by Gasteiger charge is -2.31. The van der Waals surface area contributed by atoms with Crippen LogP contribution in [0.25, 0.3) is 0 Å². The molecule has 0 amide bonds. The van der Waals surface area contributed by atoms with E-state index in [1.165, 1.54) is 7.11 Å². The summed E-state index contributed by atoms with van der Waals surface area (Å²) in [6.45, 7) is 3.59. The topological polar surface area (TPSA) is 65.0 Å². The van der Waals surface area contributed by atoms with Crippen LogP contribution in [-0.2, 0) is 19.0 Å². The number of allylic oxidation sites excluding steroid dienone is 1. The van der Waals surface area contributed by atoms with Gasteiger partial charge in [0.05, 0.1) is 7.11 Å². The van der Waals surface area contributed by atoms with Gasteiger partial charge in [-0.1, -0.05) is 12.2 Å². The lowest BCUT2D eigenvalue weighted by molar-refractivity contribution is -0.139. The van der Waals surface area contributed by atoms with Gasteiger partial charge in [-0.2, -0.15) is 0 Å². The molecule has 94 valence electrons. The highest BCUT2D eigenvalue weighted by Gasteiger charge is 2.48. The molecule has 2 aliphatic rings. The number of hydrogen-bond acceptors (Lipinski definition) is 5. The third-order valence-corrected chi connectivity index (χ3v) is 2.97. The number of fused-ring (bicyclic) bond motifs is 1. The Bertz CT molecular complexity index is 384. The first-order valence-corrected chi connectivity index (χ1v) is 5.55. The Morgan fingerprint density at radius 1 is 1.47 bits per heavy atom. The normalized spacial score (nSPS) is 37.3. The van der Waals surface area contributed by atoms with Gasteiger partial charge in [0.2, 0.25) is 0 Å². The van der Waals surface area contributed by atoms with Crippen molar-refractivity contribution in [1.29, 1.82) is 0 Å². The number of esters is 1. The summed E-state index contributed by atoms with van der Waals surface area (Å²) < 4.78 is 15.9. The molecule has 0 bridgehead atoms. The molecule has 1 fully saturated rings. The predicted octanol–water partition coefficient (Wildman–Crippen LogP) is 0.537. The van der Waals surface area contributed by atoms with E-state index in [9.17, 15) is 9.90 Å². The maximum Gasteiger partial charge on any atom is 0.340 e. The second kappa shape index (κ2) is 4.50. The molecule has 0 saturated carbocycles. The first-order chi connectivity index (χ1) is 8.10. The van der Waals surface area contributed by atoms with Crippen molar-refractivity contribution in [3.8, 4) is 0 Å². The van der Waals surface area contributed by atoms with Gasteiger partial charge in [0, 0.05) is 0 Å². The first-order valence-electron chi connectivity index (χ1n) is 5.55. The summed E-state index contributed by atoms with van der Waals surface area (Å²) in [5.74, 6) is -0.226. The van der Waals surface area contributed by atoms with Crippen molar-refractivity contribution in [1.82, 2.24) is 0 Å². The van der Waals surface area contributed by atoms with Crippen molar-refractivity contribution < 1.29 is 24.1 Å². The molecule has 0 radical (unpaired) electrons. The van der Waals surface area contributed by atoms with Gasteiger partial charge in [-0.3, -0.25) is 0 Å². The third-order valence-electron chi connectivity index (χ3n) is 2.97. The zero-order valence-electron chi connectivity index (χ0n) is 10.0. The Balaban J connectivity index is 2.42. The van der Waals surface area contributed by atoms with Crippen molar-refractivity contribution in [2.45, 2.75) is 38.3 Å². The van der Waals surface area contributed by atoms with E-state index in [1.54, 1.807) is 19.1 Å². The van der Waals surface area contributed by atoms with Crippen molar-refractivity contribution in [2.24, 2.45) is 0 Å². The van der Waals surface area contributed by atoms with Crippen LogP contribution in [-0.4, -0.2) is 42.6 Å². The van der Waals surface area contributed by atoms with Crippen LogP contribution in [0.4, 0.5) is 0 Å². The van der Waals surface area contributed by atoms with Gasteiger partial charge in [-0.25, -0.2) is 4.79 Å². The molecule has 0 aliphatic carbocycles. The second-order valence-corrected chi connectivity index (χ2v) is 4.08. The van der Waals surface area contributed by atoms with E-state index in [1.807, 2.05) is 6.92 Å². The lowest BCUT2D eigenvalue weighted by Crippen LogP contribution is -2.42. The van der Waals surface area contributed by atoms with Crippen LogP contribution in [0.1, 0.15) is 13.8 Å². The van der Waals surface area contributed by atoms with Crippen LogP contribution in [0.5, 0.6) is 0 Å². The number of aliphatic hydroxyl groups excluding tert-OH is 1. The largest absolute Gasteiger partial charge is 0.498 e. The molecule has 5 nitrogen and oxygen atoms in total. The average molecular weight is 240 g/mol. The van der Waals surface area contributed by atoms with E-state index in [2.05, 4.69) is 0 Å². The van der Waals surface area contributed by atoms with E-state index in [4.69, 9.17) is 14.2 Å². The smallest absolute Gasteiger partial charge is 0.340 e. The predicted molar refractivity (Wildman–Crippen MR) is 59.1 cm³/mol. The van der Waals surface area contributed by atoms with Crippen LogP contribution < -0.4 is 0 Å². The molecule has 1 saturated heterocycles. The first kappa shape index (κ1) is 12.1. The monoisotopic (exact) mass is 240 g/mol. The highest BCUT2D eigenvalue weighted by atomic mass is 16.6. The standard InChI is InChI=1S/C12H16O5/c1-4-5-7-9(13)11(15-3)8-10(17-7)6(2)16-12(8)14/h4-7,9-10,13H,1-3H3. The summed E-state index contributed by atoms with van der Waals surface area (Å²) in [4.78, 5) is 11.6. The Hall–Kier alpha value is -1.33. The molecule has 5 heteroatoms. The summed E-state index contributed by atoms with van der Waals surface area (Å²) in [5, 5.41) is 10.0. The number of carbonyl (C=O) groups excluding carboxylic acids is 1. The van der Waals surface area contributed by atoms with Crippen LogP contribution in [0.2, 0.25) is 0 Å². The fraction of sp³-hybridized carbons (Fsp3) is 0.583. The van der Waals surface area contributed by atoms with Crippen molar-refractivity contribution >= 4 is 5.97 Å². The average Bonchev–Trinajstić information content (AvgIpc) is 2.56. The molecule has 2 heterocycles. The molecule has 1 N–H and O–H groups in total. The summed E-state index contributed by atoms with van der Waals surface area (Å²) in [6, 6.07) is 0. The Morgan fingerprint density at radius 2 is 2.18 bits per heavy atom. The van der Waals surface area contributed by atoms with Gasteiger partial charge in [0.15, 0.2) is 0 Å². The van der Waals surface area contributed by atoms with Crippen LogP contribution in [0.3, 0.4) is 0 Å². The highest BCUT2D eigenvalue weighted by molar-refractivity contribution is 5.93. The van der Waals surface area contributed by atoms with Gasteiger partial charge in [0.1, 0.15) is 35.7 Å². The highest BCUT2D eigenvalue weighted by Crippen LogP contribution is 2.35. The van der Waals surface area contributed by atoms with Crippen LogP contribution in [0.15, 0.2) is 23.5 Å². The Kier molecular flexibility index (Phi) is 3.22. The molecule has 0 spiro atoms. The summed E-state index contributed by atoms with van der Waals surface area (Å²) in [6.07, 6.45) is 1.20. The third kappa shape index (κ3) is 1.85. The molecule has 17 heavy (non-hydrogen) atoms. The fourth-order valence-electron chi connectivity index (χ4n) is 2.19. The van der Waals surface area contributed by atoms with Crippen molar-refractivity contribution in [2.75, 3.05) is 7.11 Å². The van der Waals surface area contributed by atoms with Gasteiger partial charge >= 0.3 is 5.97 Å². The lowest BCUT2D eigenvalue weighted by atomic mass is 9.97. The van der Waals surface area contributed by atoms with Crippen LogP contribution >= 0.6 is 0 Å². The minimum absolute atomic E-state index is 0.249. The van der Waals surface area contributed by atoms with Crippen molar-refractivity contribution in [3.63, 3.8) is 0 Å². The molecule has 0 aromatic rings. The molecular weight excluding hydrogens is 224 g/mol. The van der Waals surface area contributed by atoms with Gasteiger partial charge in [-0.05, 0) is 13.8 Å². The summed E-state index contributed by atoms with van der Waals surface area (Å²) in [5.41, 5.74) is 0.299. The minimum atomic E-state index is -0.972. The maximum absolute atomic E-state index is 11.6. The molecule has 2 aliphatic heterocycles. The van der Waals surface area contributed by atoms with E-state index in [0.717, 1.165) is 0 Å². The quantitative estimate of drug-likeness (QED) is 0.563. The number of methoxy groups -OCH3 is 1. The maximum atomic E-state index is 11.6. The fourth-order valence-corrected chi connectivity index (χ4v) is 2.19. The van der Waals surface area contributed by atoms with Gasteiger partial charge in [-0.15, -0.1) is 0 Å². The number of aliphatic hydroxyl groups is 1. The molecule has 0 aromatic heterocycles. The summed E-state index contributed by atoms with van der Waals surface area (Å²) in [7, 11) is 1.43. The van der Waals surface area contributed by atoms with Gasteiger partial charge in [0.25, 0.3) is 0 Å². The Morgan fingerprint density at radius 3 is 2.76 bits per heavy atom. The summed E-state index contributed by atoms with van der Waals surface area (Å²) >= 11 is 0. The number of hydrogen-bond donors (Lipinski definition) is 1. The SMILES string of the molecule is CC=CC1OC2C(=C(OC)C1O)C(=O)OC2C. The van der Waals surface area contributed by atoms with Crippen molar-refractivity contribution in [3.05, 3.63) is 23.5 Å². The molecule has 2 rings (SSSR count). The van der Waals surface area contributed by atoms with Crippen LogP contribution in [0, 0.1) is 0 Å². The minimum Gasteiger partial charge on any atom is -0.498 e. The molecule has 4 atom stereocenters. The van der Waals surface area contributed by atoms with E-state index < -0.39 is 24.3 Å². The molecule has 4 unspecified atom stereocenters. The number of ether oxygens (including phenoxy) is 3. The van der Waals surface area contributed by atoms with E-state index >= 15 is 0 Å². The number of cyclic esters (lactones) is 1.